The first-order valence-corrected chi connectivity index (χ1v) is 9.54. The van der Waals surface area contributed by atoms with Crippen molar-refractivity contribution >= 4 is 33.8 Å². The van der Waals surface area contributed by atoms with Crippen molar-refractivity contribution in [1.82, 2.24) is 4.98 Å². The van der Waals surface area contributed by atoms with Gasteiger partial charge in [-0.2, -0.15) is 0 Å². The van der Waals surface area contributed by atoms with E-state index in [1.165, 1.54) is 11.8 Å². The van der Waals surface area contributed by atoms with E-state index in [2.05, 4.69) is 30.7 Å². The number of hydrogen-bond donors (Lipinski definition) is 3. The van der Waals surface area contributed by atoms with Crippen molar-refractivity contribution in [3.63, 3.8) is 0 Å². The molecule has 3 atom stereocenters. The molecule has 1 aliphatic rings. The van der Waals surface area contributed by atoms with E-state index >= 15 is 0 Å². The average molecular weight is 375 g/mol. The number of aliphatic imine (C=N–C) groups is 1. The molecule has 0 spiro atoms. The second-order valence-corrected chi connectivity index (χ2v) is 8.94. The second kappa shape index (κ2) is 6.63. The largest absolute Gasteiger partial charge is 0.439 e. The molecule has 3 rings (SSSR count). The Morgan fingerprint density at radius 3 is 2.69 bits per heavy atom. The number of fused-ring (bicyclic) bond motifs is 1. The number of nitrogens with zero attached hydrogens (tertiary/aromatic N) is 1. The number of nitrogens with one attached hydrogen (secondary N) is 1. The van der Waals surface area contributed by atoms with E-state index in [9.17, 15) is 9.90 Å². The summed E-state index contributed by atoms with van der Waals surface area (Å²) >= 11 is 1.40. The van der Waals surface area contributed by atoms with Gasteiger partial charge in [-0.25, -0.2) is 9.79 Å². The molecule has 2 aromatic rings. The van der Waals surface area contributed by atoms with Crippen molar-refractivity contribution in [3.8, 4) is 0 Å². The predicted molar refractivity (Wildman–Crippen MR) is 105 cm³/mol. The van der Waals surface area contributed by atoms with Gasteiger partial charge in [0.1, 0.15) is 5.04 Å². The lowest BCUT2D eigenvalue weighted by Crippen LogP contribution is -2.39. The Hall–Kier alpha value is -1.99. The van der Waals surface area contributed by atoms with Crippen LogP contribution < -0.4 is 5.73 Å². The first-order chi connectivity index (χ1) is 12.1. The van der Waals surface area contributed by atoms with Gasteiger partial charge in [-0.3, -0.25) is 0 Å². The van der Waals surface area contributed by atoms with E-state index in [1.54, 1.807) is 6.92 Å². The molecular formula is C19H25N3O3S. The molecule has 0 saturated carbocycles. The third-order valence-electron chi connectivity index (χ3n) is 4.52. The van der Waals surface area contributed by atoms with E-state index < -0.39 is 17.9 Å². The van der Waals surface area contributed by atoms with Crippen molar-refractivity contribution in [2.45, 2.75) is 45.4 Å². The lowest BCUT2D eigenvalue weighted by molar-refractivity contribution is 0.0871. The third kappa shape index (κ3) is 3.73. The number of carbonyl (C=O) groups is 1. The van der Waals surface area contributed by atoms with Crippen LogP contribution in [0.3, 0.4) is 0 Å². The summed E-state index contributed by atoms with van der Waals surface area (Å²) < 4.78 is 5.55. The van der Waals surface area contributed by atoms with Crippen LogP contribution in [0, 0.1) is 5.41 Å². The van der Waals surface area contributed by atoms with Gasteiger partial charge < -0.3 is 20.6 Å². The summed E-state index contributed by atoms with van der Waals surface area (Å²) in [5, 5.41) is 11.9. The number of benzene rings is 1. The molecule has 4 N–H and O–H groups in total. The van der Waals surface area contributed by atoms with Crippen LogP contribution >= 0.6 is 11.8 Å². The molecule has 0 saturated heterocycles. The maximum Gasteiger partial charge on any atom is 0.405 e. The third-order valence-corrected chi connectivity index (χ3v) is 5.83. The Morgan fingerprint density at radius 1 is 1.42 bits per heavy atom. The fourth-order valence-electron chi connectivity index (χ4n) is 3.48. The zero-order chi connectivity index (χ0) is 19.1. The van der Waals surface area contributed by atoms with E-state index in [1.807, 2.05) is 30.5 Å². The Kier molecular flexibility index (Phi) is 4.79. The monoisotopic (exact) mass is 375 g/mol. The first-order valence-electron chi connectivity index (χ1n) is 8.55. The van der Waals surface area contributed by atoms with Crippen LogP contribution in [0.2, 0.25) is 0 Å². The summed E-state index contributed by atoms with van der Waals surface area (Å²) in [7, 11) is 0. The zero-order valence-electron chi connectivity index (χ0n) is 15.4. The second-order valence-electron chi connectivity index (χ2n) is 7.95. The van der Waals surface area contributed by atoms with Gasteiger partial charge in [-0.05, 0) is 24.0 Å². The number of thioether (sulfide) groups is 1. The number of H-pyrrole nitrogens is 1. The van der Waals surface area contributed by atoms with Crippen molar-refractivity contribution in [3.05, 3.63) is 36.0 Å². The van der Waals surface area contributed by atoms with E-state index in [0.717, 1.165) is 16.5 Å². The molecule has 140 valence electrons. The molecule has 1 aromatic carbocycles. The number of aromatic amines is 1. The first kappa shape index (κ1) is 18.8. The van der Waals surface area contributed by atoms with Gasteiger partial charge in [-0.15, -0.1) is 11.8 Å². The number of para-hydroxylation sites is 1. The quantitative estimate of drug-likeness (QED) is 0.760. The zero-order valence-corrected chi connectivity index (χ0v) is 16.3. The number of nitrogens with two attached hydrogens (primary N) is 1. The molecule has 0 fully saturated rings. The topological polar surface area (TPSA) is 101 Å². The highest BCUT2D eigenvalue weighted by molar-refractivity contribution is 8.14. The molecule has 0 radical (unpaired) electrons. The van der Waals surface area contributed by atoms with Gasteiger partial charge in [0.15, 0.2) is 11.8 Å². The van der Waals surface area contributed by atoms with Gasteiger partial charge in [-0.1, -0.05) is 39.0 Å². The van der Waals surface area contributed by atoms with Crippen LogP contribution in [-0.4, -0.2) is 38.8 Å². The Labute approximate surface area is 157 Å². The fourth-order valence-corrected chi connectivity index (χ4v) is 4.58. The van der Waals surface area contributed by atoms with Crippen LogP contribution in [0.4, 0.5) is 4.79 Å². The predicted octanol–water partition coefficient (Wildman–Crippen LogP) is 3.62. The highest BCUT2D eigenvalue weighted by atomic mass is 32.2. The Morgan fingerprint density at radius 2 is 2.12 bits per heavy atom. The van der Waals surface area contributed by atoms with Crippen molar-refractivity contribution < 1.29 is 14.6 Å². The van der Waals surface area contributed by atoms with Crippen LogP contribution in [0.5, 0.6) is 0 Å². The van der Waals surface area contributed by atoms with E-state index in [4.69, 9.17) is 10.5 Å². The smallest absolute Gasteiger partial charge is 0.405 e. The molecule has 0 aliphatic carbocycles. The van der Waals surface area contributed by atoms with Gasteiger partial charge in [0, 0.05) is 28.8 Å². The van der Waals surface area contributed by atoms with Gasteiger partial charge >= 0.3 is 6.09 Å². The van der Waals surface area contributed by atoms with Crippen LogP contribution in [0.25, 0.3) is 10.9 Å². The Bertz CT molecular complexity index is 851. The van der Waals surface area contributed by atoms with E-state index in [-0.39, 0.29) is 11.3 Å². The standard InChI is InChI=1S/C19H25N3O3S/c1-18(2,3)14(12-9-21-13-8-6-5-7-11(12)13)15(25-17(20)23)16-22-19(4,24)10-26-16/h5-9,14-15,21,24H,10H2,1-4H3,(H2,20,23)/t14?,15-,19?/m1/s1. The van der Waals surface area contributed by atoms with Crippen LogP contribution in [0.15, 0.2) is 35.5 Å². The molecule has 2 unspecified atom stereocenters. The number of aliphatic hydroxyl groups is 1. The lowest BCUT2D eigenvalue weighted by atomic mass is 9.73. The number of ether oxygens (including phenoxy) is 1. The summed E-state index contributed by atoms with van der Waals surface area (Å²) in [5.41, 5.74) is 6.02. The highest BCUT2D eigenvalue weighted by Gasteiger charge is 2.43. The molecule has 1 aromatic heterocycles. The van der Waals surface area contributed by atoms with Gasteiger partial charge in [0.25, 0.3) is 0 Å². The normalized spacial score (nSPS) is 22.9. The molecule has 26 heavy (non-hydrogen) atoms. The molecular weight excluding hydrogens is 350 g/mol. The molecule has 1 amide bonds. The maximum absolute atomic E-state index is 11.7. The highest BCUT2D eigenvalue weighted by Crippen LogP contribution is 2.45. The Balaban J connectivity index is 2.14. The molecule has 0 bridgehead atoms. The minimum atomic E-state index is -1.16. The maximum atomic E-state index is 11.7. The summed E-state index contributed by atoms with van der Waals surface area (Å²) in [6.45, 7) is 7.92. The van der Waals surface area contributed by atoms with E-state index in [0.29, 0.717) is 10.8 Å². The van der Waals surface area contributed by atoms with Crippen molar-refractivity contribution in [1.29, 1.82) is 0 Å². The lowest BCUT2D eigenvalue weighted by Gasteiger charge is -2.36. The van der Waals surface area contributed by atoms with Gasteiger partial charge in [0.05, 0.1) is 0 Å². The summed E-state index contributed by atoms with van der Waals surface area (Å²) in [6, 6.07) is 8.01. The van der Waals surface area contributed by atoms with Crippen molar-refractivity contribution in [2.24, 2.45) is 16.1 Å². The summed E-state index contributed by atoms with van der Waals surface area (Å²) in [4.78, 5) is 19.3. The molecule has 7 heteroatoms. The number of carbonyl (C=O) groups excluding carboxylic acids is 1. The number of amides is 1. The SMILES string of the molecule is CC1(O)CSC([C@H](OC(N)=O)C(c2c[nH]c3ccccc23)C(C)(C)C)=N1. The number of rotatable bonds is 4. The number of aromatic nitrogens is 1. The number of hydrogen-bond acceptors (Lipinski definition) is 5. The fraction of sp³-hybridized carbons (Fsp3) is 0.474. The van der Waals surface area contributed by atoms with Crippen molar-refractivity contribution in [2.75, 3.05) is 5.75 Å². The minimum Gasteiger partial charge on any atom is -0.439 e. The average Bonchev–Trinajstić information content (AvgIpc) is 3.09. The van der Waals surface area contributed by atoms with Gasteiger partial charge in [0.2, 0.25) is 0 Å². The summed E-state index contributed by atoms with van der Waals surface area (Å²) in [5.74, 6) is 0.234. The van der Waals surface area contributed by atoms with Crippen LogP contribution in [-0.2, 0) is 4.74 Å². The molecule has 1 aliphatic heterocycles. The number of primary amides is 1. The van der Waals surface area contributed by atoms with Crippen LogP contribution in [0.1, 0.15) is 39.2 Å². The summed E-state index contributed by atoms with van der Waals surface area (Å²) in [6.07, 6.45) is 0.445. The minimum absolute atomic E-state index is 0.189. The molecule has 2 heterocycles. The molecule has 6 nitrogen and oxygen atoms in total.